The van der Waals surface area contributed by atoms with Crippen molar-refractivity contribution in [3.8, 4) is 0 Å². The normalized spacial score (nSPS) is 17.6. The van der Waals surface area contributed by atoms with Gasteiger partial charge in [0, 0.05) is 18.6 Å². The molecule has 0 saturated carbocycles. The number of methoxy groups -OCH3 is 1. The Morgan fingerprint density at radius 1 is 1.24 bits per heavy atom. The molecule has 0 aromatic carbocycles. The Balaban J connectivity index is 4.93. The number of ether oxygens (including phenoxy) is 1. The van der Waals surface area contributed by atoms with Crippen molar-refractivity contribution in [1.29, 1.82) is 0 Å². The molecule has 0 amide bonds. The van der Waals surface area contributed by atoms with Crippen LogP contribution in [0.2, 0.25) is 0 Å². The van der Waals surface area contributed by atoms with Crippen LogP contribution in [-0.2, 0) is 9.53 Å². The van der Waals surface area contributed by atoms with Gasteiger partial charge in [-0.05, 0) is 54.4 Å². The highest BCUT2D eigenvalue weighted by Gasteiger charge is 2.36. The summed E-state index contributed by atoms with van der Waals surface area (Å²) < 4.78 is 4.98. The van der Waals surface area contributed by atoms with Crippen LogP contribution < -0.4 is 5.32 Å². The van der Waals surface area contributed by atoms with E-state index in [9.17, 15) is 4.79 Å². The zero-order chi connectivity index (χ0) is 16.6. The van der Waals surface area contributed by atoms with Gasteiger partial charge in [0.15, 0.2) is 0 Å². The van der Waals surface area contributed by atoms with Crippen LogP contribution in [0.5, 0.6) is 0 Å². The number of nitrogens with zero attached hydrogens (tertiary/aromatic N) is 2. The molecular weight excluding hydrogens is 266 g/mol. The van der Waals surface area contributed by atoms with Crippen molar-refractivity contribution < 1.29 is 9.53 Å². The van der Waals surface area contributed by atoms with Crippen LogP contribution in [0.3, 0.4) is 0 Å². The highest BCUT2D eigenvalue weighted by atomic mass is 16.5. The van der Waals surface area contributed by atoms with Gasteiger partial charge in [0.1, 0.15) is 5.54 Å². The molecule has 5 heteroatoms. The van der Waals surface area contributed by atoms with E-state index < -0.39 is 5.54 Å². The first-order valence-electron chi connectivity index (χ1n) is 7.95. The Kier molecular flexibility index (Phi) is 9.09. The molecule has 3 unspecified atom stereocenters. The van der Waals surface area contributed by atoms with Crippen LogP contribution in [0.1, 0.15) is 41.0 Å². The predicted octanol–water partition coefficient (Wildman–Crippen LogP) is 1.58. The molecule has 3 atom stereocenters. The number of rotatable bonds is 10. The Morgan fingerprint density at radius 3 is 2.19 bits per heavy atom. The smallest absolute Gasteiger partial charge is 0.325 e. The van der Waals surface area contributed by atoms with Gasteiger partial charge in [0.25, 0.3) is 0 Å². The van der Waals surface area contributed by atoms with Crippen molar-refractivity contribution in [2.75, 3.05) is 40.8 Å². The lowest BCUT2D eigenvalue weighted by Gasteiger charge is -2.39. The van der Waals surface area contributed by atoms with Crippen molar-refractivity contribution in [2.45, 2.75) is 58.7 Å². The molecule has 1 N–H and O–H groups in total. The number of likely N-dealkylation sites (N-methyl/N-ethyl adjacent to an activating group) is 3. The lowest BCUT2D eigenvalue weighted by Crippen LogP contribution is -2.55. The predicted molar refractivity (Wildman–Crippen MR) is 88.6 cm³/mol. The summed E-state index contributed by atoms with van der Waals surface area (Å²) in [5, 5.41) is 3.29. The van der Waals surface area contributed by atoms with E-state index in [1.165, 1.54) is 7.11 Å². The summed E-state index contributed by atoms with van der Waals surface area (Å²) in [6.45, 7) is 13.3. The van der Waals surface area contributed by atoms with Gasteiger partial charge in [0.05, 0.1) is 7.11 Å². The summed E-state index contributed by atoms with van der Waals surface area (Å²) in [5.74, 6) is -0.187. The van der Waals surface area contributed by atoms with Crippen LogP contribution in [-0.4, -0.2) is 74.2 Å². The molecule has 0 bridgehead atoms. The van der Waals surface area contributed by atoms with E-state index in [2.05, 4.69) is 50.0 Å². The Hall–Kier alpha value is -0.650. The minimum atomic E-state index is -0.631. The third kappa shape index (κ3) is 6.32. The van der Waals surface area contributed by atoms with E-state index in [0.717, 1.165) is 26.1 Å². The molecule has 0 rings (SSSR count). The average Bonchev–Trinajstić information content (AvgIpc) is 2.37. The van der Waals surface area contributed by atoms with Gasteiger partial charge in [-0.15, -0.1) is 0 Å². The summed E-state index contributed by atoms with van der Waals surface area (Å²) in [5.41, 5.74) is -0.631. The molecular formula is C16H35N3O2. The molecule has 0 aliphatic rings. The molecule has 21 heavy (non-hydrogen) atoms. The molecule has 0 radical (unpaired) electrons. The fourth-order valence-corrected chi connectivity index (χ4v) is 3.24. The average molecular weight is 301 g/mol. The van der Waals surface area contributed by atoms with Crippen LogP contribution >= 0.6 is 0 Å². The number of hydrogen-bond donors (Lipinski definition) is 1. The molecule has 0 aliphatic heterocycles. The SMILES string of the molecule is CCNC(C)(CC(C)N(CC)C(C)CN(C)C)C(=O)OC. The molecule has 126 valence electrons. The zero-order valence-electron chi connectivity index (χ0n) is 15.2. The summed E-state index contributed by atoms with van der Waals surface area (Å²) in [6, 6.07) is 0.747. The highest BCUT2D eigenvalue weighted by molar-refractivity contribution is 5.80. The van der Waals surface area contributed by atoms with E-state index in [0.29, 0.717) is 12.1 Å². The Morgan fingerprint density at radius 2 is 1.81 bits per heavy atom. The molecule has 0 fully saturated rings. The molecule has 0 saturated heterocycles. The minimum Gasteiger partial charge on any atom is -0.468 e. The van der Waals surface area contributed by atoms with Crippen molar-refractivity contribution in [3.63, 3.8) is 0 Å². The van der Waals surface area contributed by atoms with Crippen LogP contribution in [0.4, 0.5) is 0 Å². The zero-order valence-corrected chi connectivity index (χ0v) is 15.2. The highest BCUT2D eigenvalue weighted by Crippen LogP contribution is 2.20. The lowest BCUT2D eigenvalue weighted by molar-refractivity contribution is -0.148. The standard InChI is InChI=1S/C16H35N3O2/c1-9-17-16(5,15(20)21-8)11-13(3)19(10-2)14(4)12-18(6)7/h13-14,17H,9-12H2,1-8H3. The molecule has 0 aromatic rings. The molecule has 0 heterocycles. The van der Waals surface area contributed by atoms with Crippen molar-refractivity contribution in [1.82, 2.24) is 15.1 Å². The van der Waals surface area contributed by atoms with E-state index >= 15 is 0 Å². The fourth-order valence-electron chi connectivity index (χ4n) is 3.24. The molecule has 0 aliphatic carbocycles. The van der Waals surface area contributed by atoms with Gasteiger partial charge >= 0.3 is 5.97 Å². The number of carbonyl (C=O) groups is 1. The van der Waals surface area contributed by atoms with Gasteiger partial charge in [-0.3, -0.25) is 9.69 Å². The molecule has 5 nitrogen and oxygen atoms in total. The lowest BCUT2D eigenvalue weighted by atomic mass is 9.92. The molecule has 0 aromatic heterocycles. The van der Waals surface area contributed by atoms with Crippen molar-refractivity contribution in [3.05, 3.63) is 0 Å². The topological polar surface area (TPSA) is 44.8 Å². The van der Waals surface area contributed by atoms with Crippen LogP contribution in [0.15, 0.2) is 0 Å². The summed E-state index contributed by atoms with van der Waals surface area (Å²) in [4.78, 5) is 16.7. The summed E-state index contributed by atoms with van der Waals surface area (Å²) in [6.07, 6.45) is 0.735. The maximum atomic E-state index is 12.1. The largest absolute Gasteiger partial charge is 0.468 e. The first-order chi connectivity index (χ1) is 9.71. The molecule has 0 spiro atoms. The Bertz CT molecular complexity index is 310. The maximum Gasteiger partial charge on any atom is 0.325 e. The Labute approximate surface area is 131 Å². The first kappa shape index (κ1) is 20.3. The van der Waals surface area contributed by atoms with Gasteiger partial charge in [-0.1, -0.05) is 13.8 Å². The fraction of sp³-hybridized carbons (Fsp3) is 0.938. The second-order valence-corrected chi connectivity index (χ2v) is 6.35. The number of hydrogen-bond acceptors (Lipinski definition) is 5. The third-order valence-corrected chi connectivity index (χ3v) is 4.03. The second-order valence-electron chi connectivity index (χ2n) is 6.35. The van der Waals surface area contributed by atoms with Gasteiger partial charge in [0.2, 0.25) is 0 Å². The number of carbonyl (C=O) groups excluding carboxylic acids is 1. The van der Waals surface area contributed by atoms with E-state index in [1.54, 1.807) is 0 Å². The maximum absolute atomic E-state index is 12.1. The van der Waals surface area contributed by atoms with Crippen LogP contribution in [0, 0.1) is 0 Å². The number of nitrogens with one attached hydrogen (secondary N) is 1. The first-order valence-corrected chi connectivity index (χ1v) is 7.95. The van der Waals surface area contributed by atoms with E-state index in [4.69, 9.17) is 4.74 Å². The summed E-state index contributed by atoms with van der Waals surface area (Å²) >= 11 is 0. The minimum absolute atomic E-state index is 0.187. The van der Waals surface area contributed by atoms with Crippen molar-refractivity contribution >= 4 is 5.97 Å². The van der Waals surface area contributed by atoms with Crippen molar-refractivity contribution in [2.24, 2.45) is 0 Å². The van der Waals surface area contributed by atoms with Gasteiger partial charge in [-0.25, -0.2) is 0 Å². The number of esters is 1. The van der Waals surface area contributed by atoms with E-state index in [-0.39, 0.29) is 5.97 Å². The van der Waals surface area contributed by atoms with Gasteiger partial charge < -0.3 is 15.0 Å². The third-order valence-electron chi connectivity index (χ3n) is 4.03. The quantitative estimate of drug-likeness (QED) is 0.621. The second kappa shape index (κ2) is 9.38. The van der Waals surface area contributed by atoms with Gasteiger partial charge in [-0.2, -0.15) is 0 Å². The van der Waals surface area contributed by atoms with Crippen LogP contribution in [0.25, 0.3) is 0 Å². The van der Waals surface area contributed by atoms with E-state index in [1.807, 2.05) is 13.8 Å². The monoisotopic (exact) mass is 301 g/mol. The summed E-state index contributed by atoms with van der Waals surface area (Å²) in [7, 11) is 5.63.